The summed E-state index contributed by atoms with van der Waals surface area (Å²) in [4.78, 5) is 6.18. The SMILES string of the molecule is CN(C)c1ccc([P@](=O)(OC2CCCCC2)[C@H](O)c2ccccn2)cc1. The lowest BCUT2D eigenvalue weighted by Crippen LogP contribution is -2.23. The third-order valence-corrected chi connectivity index (χ3v) is 7.40. The summed E-state index contributed by atoms with van der Waals surface area (Å²) in [5, 5.41) is 11.5. The third kappa shape index (κ3) is 4.17. The van der Waals surface area contributed by atoms with E-state index >= 15 is 0 Å². The Hall–Kier alpha value is -1.68. The van der Waals surface area contributed by atoms with E-state index in [-0.39, 0.29) is 6.10 Å². The van der Waals surface area contributed by atoms with Crippen molar-refractivity contribution in [2.45, 2.75) is 44.1 Å². The predicted octanol–water partition coefficient (Wildman–Crippen LogP) is 4.09. The van der Waals surface area contributed by atoms with Gasteiger partial charge in [0.15, 0.2) is 5.85 Å². The molecule has 0 unspecified atom stereocenters. The maximum Gasteiger partial charge on any atom is 0.266 e. The molecule has 0 saturated heterocycles. The Balaban J connectivity index is 1.96. The molecule has 0 aliphatic heterocycles. The second-order valence-electron chi connectivity index (χ2n) is 7.00. The summed E-state index contributed by atoms with van der Waals surface area (Å²) < 4.78 is 20.1. The number of rotatable bonds is 6. The second kappa shape index (κ2) is 8.34. The molecule has 1 aliphatic rings. The molecule has 140 valence electrons. The van der Waals surface area contributed by atoms with Gasteiger partial charge >= 0.3 is 0 Å². The zero-order chi connectivity index (χ0) is 18.6. The summed E-state index contributed by atoms with van der Waals surface area (Å²) in [6.45, 7) is 0. The van der Waals surface area contributed by atoms with E-state index in [4.69, 9.17) is 4.52 Å². The van der Waals surface area contributed by atoms with Crippen molar-refractivity contribution in [2.24, 2.45) is 0 Å². The molecule has 0 spiro atoms. The first kappa shape index (κ1) is 19.1. The van der Waals surface area contributed by atoms with Gasteiger partial charge in [0, 0.05) is 31.3 Å². The number of aliphatic hydroxyl groups is 1. The highest BCUT2D eigenvalue weighted by atomic mass is 31.2. The van der Waals surface area contributed by atoms with Crippen molar-refractivity contribution in [3.63, 3.8) is 0 Å². The van der Waals surface area contributed by atoms with Crippen LogP contribution in [0.1, 0.15) is 43.6 Å². The number of hydrogen-bond acceptors (Lipinski definition) is 5. The summed E-state index contributed by atoms with van der Waals surface area (Å²) in [6.07, 6.45) is 6.61. The molecule has 1 N–H and O–H groups in total. The maximum absolute atomic E-state index is 13.9. The number of benzene rings is 1. The van der Waals surface area contributed by atoms with Crippen LogP contribution >= 0.6 is 7.37 Å². The molecule has 0 amide bonds. The summed E-state index contributed by atoms with van der Waals surface area (Å²) in [5.74, 6) is -1.27. The Morgan fingerprint density at radius 2 is 1.81 bits per heavy atom. The molecule has 1 aliphatic carbocycles. The summed E-state index contributed by atoms with van der Waals surface area (Å²) >= 11 is 0. The standard InChI is InChI=1S/C20H27N2O3P/c1-22(2)16-11-13-18(14-12-16)26(24,25-17-8-4-3-5-9-17)20(23)19-10-6-7-15-21-19/h6-7,10-15,17,20,23H,3-5,8-9H2,1-2H3/t20-,26-/m0/s1. The minimum absolute atomic E-state index is 0.0820. The molecule has 1 saturated carbocycles. The maximum atomic E-state index is 13.9. The van der Waals surface area contributed by atoms with Crippen molar-refractivity contribution in [3.8, 4) is 0 Å². The van der Waals surface area contributed by atoms with Gasteiger partial charge in [-0.15, -0.1) is 0 Å². The minimum atomic E-state index is -3.53. The molecular formula is C20H27N2O3P. The molecule has 5 nitrogen and oxygen atoms in total. The van der Waals surface area contributed by atoms with Gasteiger partial charge in [0.1, 0.15) is 0 Å². The molecule has 0 bridgehead atoms. The average molecular weight is 374 g/mol. The number of anilines is 1. The van der Waals surface area contributed by atoms with E-state index in [0.29, 0.717) is 11.0 Å². The Bertz CT molecular complexity index is 743. The molecule has 0 radical (unpaired) electrons. The first-order valence-corrected chi connectivity index (χ1v) is 10.8. The van der Waals surface area contributed by atoms with Crippen molar-refractivity contribution < 1.29 is 14.2 Å². The van der Waals surface area contributed by atoms with Crippen LogP contribution in [0.15, 0.2) is 48.7 Å². The lowest BCUT2D eigenvalue weighted by molar-refractivity contribution is 0.136. The lowest BCUT2D eigenvalue weighted by Gasteiger charge is -2.30. The summed E-state index contributed by atoms with van der Waals surface area (Å²) in [7, 11) is 0.380. The fraction of sp³-hybridized carbons (Fsp3) is 0.450. The van der Waals surface area contributed by atoms with Crippen LogP contribution in [0.25, 0.3) is 0 Å². The normalized spacial score (nSPS) is 18.9. The Morgan fingerprint density at radius 1 is 1.12 bits per heavy atom. The lowest BCUT2D eigenvalue weighted by atomic mass is 9.98. The van der Waals surface area contributed by atoms with Crippen molar-refractivity contribution >= 4 is 18.4 Å². The molecule has 1 aromatic heterocycles. The van der Waals surface area contributed by atoms with Crippen LogP contribution in [0.2, 0.25) is 0 Å². The van der Waals surface area contributed by atoms with Crippen LogP contribution in [0.5, 0.6) is 0 Å². The molecule has 3 rings (SSSR count). The van der Waals surface area contributed by atoms with Gasteiger partial charge in [-0.25, -0.2) is 0 Å². The Morgan fingerprint density at radius 3 is 2.38 bits per heavy atom. The summed E-state index contributed by atoms with van der Waals surface area (Å²) in [6, 6.07) is 12.6. The van der Waals surface area contributed by atoms with Crippen molar-refractivity contribution in [2.75, 3.05) is 19.0 Å². The molecule has 2 aromatic rings. The van der Waals surface area contributed by atoms with Crippen LogP contribution in [0.4, 0.5) is 5.69 Å². The molecule has 1 aromatic carbocycles. The van der Waals surface area contributed by atoms with Gasteiger partial charge in [-0.2, -0.15) is 0 Å². The van der Waals surface area contributed by atoms with E-state index in [1.54, 1.807) is 36.5 Å². The molecule has 26 heavy (non-hydrogen) atoms. The second-order valence-corrected chi connectivity index (χ2v) is 9.41. The number of hydrogen-bond donors (Lipinski definition) is 1. The van der Waals surface area contributed by atoms with Crippen molar-refractivity contribution in [1.82, 2.24) is 4.98 Å². The molecular weight excluding hydrogens is 347 g/mol. The van der Waals surface area contributed by atoms with Gasteiger partial charge in [0.2, 0.25) is 0 Å². The highest BCUT2D eigenvalue weighted by molar-refractivity contribution is 7.67. The largest absolute Gasteiger partial charge is 0.378 e. The van der Waals surface area contributed by atoms with Crippen LogP contribution in [0.3, 0.4) is 0 Å². The monoisotopic (exact) mass is 374 g/mol. The minimum Gasteiger partial charge on any atom is -0.378 e. The van der Waals surface area contributed by atoms with Gasteiger partial charge < -0.3 is 14.5 Å². The zero-order valence-corrected chi connectivity index (χ0v) is 16.3. The van der Waals surface area contributed by atoms with Crippen molar-refractivity contribution in [3.05, 3.63) is 54.4 Å². The van der Waals surface area contributed by atoms with Crippen LogP contribution < -0.4 is 10.2 Å². The van der Waals surface area contributed by atoms with Gasteiger partial charge in [-0.3, -0.25) is 9.55 Å². The predicted molar refractivity (Wildman–Crippen MR) is 105 cm³/mol. The average Bonchev–Trinajstić information content (AvgIpc) is 2.69. The number of aromatic nitrogens is 1. The van der Waals surface area contributed by atoms with E-state index in [0.717, 1.165) is 31.4 Å². The van der Waals surface area contributed by atoms with Crippen LogP contribution in [-0.4, -0.2) is 30.3 Å². The van der Waals surface area contributed by atoms with E-state index in [9.17, 15) is 9.67 Å². The third-order valence-electron chi connectivity index (χ3n) is 4.86. The molecule has 1 heterocycles. The Labute approximate surface area is 155 Å². The number of pyridine rings is 1. The number of nitrogens with zero attached hydrogens (tertiary/aromatic N) is 2. The van der Waals surface area contributed by atoms with Gasteiger partial charge in [-0.1, -0.05) is 25.3 Å². The summed E-state index contributed by atoms with van der Waals surface area (Å²) in [5.41, 5.74) is 1.38. The van der Waals surface area contributed by atoms with Crippen LogP contribution in [-0.2, 0) is 9.09 Å². The quantitative estimate of drug-likeness (QED) is 0.772. The van der Waals surface area contributed by atoms with E-state index in [1.807, 2.05) is 31.1 Å². The van der Waals surface area contributed by atoms with Gasteiger partial charge in [0.25, 0.3) is 7.37 Å². The Kier molecular flexibility index (Phi) is 6.13. The van der Waals surface area contributed by atoms with Gasteiger partial charge in [-0.05, 0) is 49.2 Å². The van der Waals surface area contributed by atoms with E-state index in [2.05, 4.69) is 4.98 Å². The van der Waals surface area contributed by atoms with Crippen LogP contribution in [0, 0.1) is 0 Å². The first-order chi connectivity index (χ1) is 12.5. The molecule has 6 heteroatoms. The fourth-order valence-corrected chi connectivity index (χ4v) is 5.55. The highest BCUT2D eigenvalue weighted by Crippen LogP contribution is 2.59. The van der Waals surface area contributed by atoms with Gasteiger partial charge in [0.05, 0.1) is 11.8 Å². The molecule has 1 fully saturated rings. The van der Waals surface area contributed by atoms with E-state index in [1.165, 1.54) is 6.42 Å². The molecule has 2 atom stereocenters. The first-order valence-electron chi connectivity index (χ1n) is 9.16. The number of aliphatic hydroxyl groups excluding tert-OH is 1. The zero-order valence-electron chi connectivity index (χ0n) is 15.4. The van der Waals surface area contributed by atoms with Crippen molar-refractivity contribution in [1.29, 1.82) is 0 Å². The van der Waals surface area contributed by atoms with E-state index < -0.39 is 13.2 Å². The fourth-order valence-electron chi connectivity index (χ4n) is 3.31. The smallest absolute Gasteiger partial charge is 0.266 e. The topological polar surface area (TPSA) is 62.7 Å². The highest BCUT2D eigenvalue weighted by Gasteiger charge is 2.39.